The van der Waals surface area contributed by atoms with Gasteiger partial charge in [0.05, 0.1) is 0 Å². The summed E-state index contributed by atoms with van der Waals surface area (Å²) in [5.41, 5.74) is 1.21. The summed E-state index contributed by atoms with van der Waals surface area (Å²) in [6.45, 7) is 8.73. The van der Waals surface area contributed by atoms with Gasteiger partial charge >= 0.3 is 0 Å². The van der Waals surface area contributed by atoms with E-state index in [1.807, 2.05) is 9.80 Å². The van der Waals surface area contributed by atoms with Crippen LogP contribution in [-0.2, 0) is 0 Å². The van der Waals surface area contributed by atoms with E-state index in [1.165, 1.54) is 0 Å². The van der Waals surface area contributed by atoms with Gasteiger partial charge in [0.15, 0.2) is 0 Å². The number of rotatable bonds is 6. The number of nitrogens with zero attached hydrogens (tertiary/aromatic N) is 2. The quantitative estimate of drug-likeness (QED) is 0.873. The van der Waals surface area contributed by atoms with Crippen LogP contribution >= 0.6 is 0 Å². The molecule has 1 aromatic carbocycles. The molecule has 1 heterocycles. The van der Waals surface area contributed by atoms with Gasteiger partial charge in [-0.25, -0.2) is 0 Å². The van der Waals surface area contributed by atoms with Crippen molar-refractivity contribution in [3.05, 3.63) is 35.4 Å². The van der Waals surface area contributed by atoms with E-state index >= 15 is 0 Å². The Morgan fingerprint density at radius 1 is 1.09 bits per heavy atom. The summed E-state index contributed by atoms with van der Waals surface area (Å²) >= 11 is 0. The Morgan fingerprint density at radius 3 is 2.30 bits per heavy atom. The molecule has 1 N–H and O–H groups in total. The molecule has 0 radical (unpaired) electrons. The van der Waals surface area contributed by atoms with Crippen molar-refractivity contribution >= 4 is 11.8 Å². The Hall–Kier alpha value is -1.88. The highest BCUT2D eigenvalue weighted by Gasteiger charge is 2.20. The first kappa shape index (κ1) is 17.5. The van der Waals surface area contributed by atoms with Gasteiger partial charge in [-0.3, -0.25) is 9.59 Å². The molecular weight excluding hydrogens is 290 g/mol. The second-order valence-electron chi connectivity index (χ2n) is 5.92. The Bertz CT molecular complexity index is 533. The molecule has 0 saturated carbocycles. The van der Waals surface area contributed by atoms with Crippen molar-refractivity contribution in [2.24, 2.45) is 0 Å². The largest absolute Gasteiger partial charge is 0.339 e. The van der Waals surface area contributed by atoms with Gasteiger partial charge in [-0.05, 0) is 31.0 Å². The van der Waals surface area contributed by atoms with Crippen LogP contribution in [0.5, 0.6) is 0 Å². The van der Waals surface area contributed by atoms with E-state index in [4.69, 9.17) is 0 Å². The van der Waals surface area contributed by atoms with Crippen LogP contribution in [0.3, 0.4) is 0 Å². The highest BCUT2D eigenvalue weighted by Crippen LogP contribution is 2.12. The number of nitrogens with one attached hydrogen (secondary N) is 1. The predicted octanol–water partition coefficient (Wildman–Crippen LogP) is 1.99. The van der Waals surface area contributed by atoms with Crippen molar-refractivity contribution in [1.29, 1.82) is 0 Å². The molecule has 0 spiro atoms. The number of hydrogen-bond acceptors (Lipinski definition) is 3. The van der Waals surface area contributed by atoms with Crippen molar-refractivity contribution in [1.82, 2.24) is 15.1 Å². The molecule has 2 amide bonds. The molecule has 1 aromatic rings. The minimum atomic E-state index is 0.0127. The third-order valence-corrected chi connectivity index (χ3v) is 4.03. The van der Waals surface area contributed by atoms with Crippen LogP contribution in [-0.4, -0.2) is 60.9 Å². The van der Waals surface area contributed by atoms with Crippen LogP contribution in [0.1, 0.15) is 47.4 Å². The van der Waals surface area contributed by atoms with Gasteiger partial charge in [-0.15, -0.1) is 0 Å². The lowest BCUT2D eigenvalue weighted by atomic mass is 10.1. The number of amides is 2. The first-order chi connectivity index (χ1) is 11.2. The fourth-order valence-corrected chi connectivity index (χ4v) is 2.87. The number of carbonyl (C=O) groups is 2. The lowest BCUT2D eigenvalue weighted by Gasteiger charge is -2.27. The molecule has 1 aliphatic rings. The van der Waals surface area contributed by atoms with Crippen LogP contribution in [0.4, 0.5) is 0 Å². The topological polar surface area (TPSA) is 52.7 Å². The van der Waals surface area contributed by atoms with E-state index in [0.29, 0.717) is 11.1 Å². The molecule has 5 nitrogen and oxygen atoms in total. The normalized spacial score (nSPS) is 14.6. The molecule has 0 atom stereocenters. The lowest BCUT2D eigenvalue weighted by molar-refractivity contribution is 0.0735. The van der Waals surface area contributed by atoms with Gasteiger partial charge < -0.3 is 15.1 Å². The number of piperazine rings is 1. The Morgan fingerprint density at radius 2 is 1.70 bits per heavy atom. The zero-order valence-corrected chi connectivity index (χ0v) is 14.2. The molecule has 1 aliphatic heterocycles. The maximum Gasteiger partial charge on any atom is 0.253 e. The standard InChI is InChI=1S/C18H27N3O2/c1-3-10-20(11-4-2)17(22)15-6-5-7-16(14-15)18(23)21-12-8-19-9-13-21/h5-7,14,19H,3-4,8-13H2,1-2H3. The van der Waals surface area contributed by atoms with Gasteiger partial charge in [0, 0.05) is 50.4 Å². The van der Waals surface area contributed by atoms with E-state index in [-0.39, 0.29) is 11.8 Å². The van der Waals surface area contributed by atoms with E-state index in [1.54, 1.807) is 24.3 Å². The average Bonchev–Trinajstić information content (AvgIpc) is 2.61. The summed E-state index contributed by atoms with van der Waals surface area (Å²) in [6, 6.07) is 7.14. The highest BCUT2D eigenvalue weighted by atomic mass is 16.2. The minimum absolute atomic E-state index is 0.0127. The highest BCUT2D eigenvalue weighted by molar-refractivity contribution is 5.99. The zero-order chi connectivity index (χ0) is 16.7. The summed E-state index contributed by atoms with van der Waals surface area (Å²) in [4.78, 5) is 28.9. The van der Waals surface area contributed by atoms with Crippen LogP contribution < -0.4 is 5.32 Å². The SMILES string of the molecule is CCCN(CCC)C(=O)c1cccc(C(=O)N2CCNCC2)c1. The van der Waals surface area contributed by atoms with Crippen molar-refractivity contribution in [2.45, 2.75) is 26.7 Å². The third kappa shape index (κ3) is 4.55. The van der Waals surface area contributed by atoms with Crippen LogP contribution in [0.15, 0.2) is 24.3 Å². The molecular formula is C18H27N3O2. The van der Waals surface area contributed by atoms with Gasteiger partial charge in [-0.1, -0.05) is 19.9 Å². The number of carbonyl (C=O) groups excluding carboxylic acids is 2. The summed E-state index contributed by atoms with van der Waals surface area (Å²) in [6.07, 6.45) is 1.87. The van der Waals surface area contributed by atoms with Crippen molar-refractivity contribution in [2.75, 3.05) is 39.3 Å². The summed E-state index contributed by atoms with van der Waals surface area (Å²) in [5, 5.41) is 3.24. The molecule has 2 rings (SSSR count). The molecule has 5 heteroatoms. The third-order valence-electron chi connectivity index (χ3n) is 4.03. The Balaban J connectivity index is 2.14. The second kappa shape index (κ2) is 8.67. The van der Waals surface area contributed by atoms with E-state index < -0.39 is 0 Å². The molecule has 1 saturated heterocycles. The first-order valence-corrected chi connectivity index (χ1v) is 8.56. The van der Waals surface area contributed by atoms with E-state index in [0.717, 1.165) is 52.1 Å². The molecule has 126 valence electrons. The number of hydrogen-bond donors (Lipinski definition) is 1. The summed E-state index contributed by atoms with van der Waals surface area (Å²) in [5.74, 6) is 0.0299. The number of benzene rings is 1. The van der Waals surface area contributed by atoms with Crippen LogP contribution in [0.25, 0.3) is 0 Å². The zero-order valence-electron chi connectivity index (χ0n) is 14.2. The average molecular weight is 317 g/mol. The van der Waals surface area contributed by atoms with Crippen molar-refractivity contribution in [3.8, 4) is 0 Å². The second-order valence-corrected chi connectivity index (χ2v) is 5.92. The van der Waals surface area contributed by atoms with Crippen molar-refractivity contribution in [3.63, 3.8) is 0 Å². The Kier molecular flexibility index (Phi) is 6.59. The molecule has 0 aliphatic carbocycles. The van der Waals surface area contributed by atoms with Gasteiger partial charge in [0.1, 0.15) is 0 Å². The smallest absolute Gasteiger partial charge is 0.253 e. The molecule has 0 unspecified atom stereocenters. The fraction of sp³-hybridized carbons (Fsp3) is 0.556. The van der Waals surface area contributed by atoms with E-state index in [2.05, 4.69) is 19.2 Å². The monoisotopic (exact) mass is 317 g/mol. The molecule has 23 heavy (non-hydrogen) atoms. The van der Waals surface area contributed by atoms with Crippen LogP contribution in [0.2, 0.25) is 0 Å². The minimum Gasteiger partial charge on any atom is -0.339 e. The Labute approximate surface area is 138 Å². The fourth-order valence-electron chi connectivity index (χ4n) is 2.87. The molecule has 1 fully saturated rings. The van der Waals surface area contributed by atoms with E-state index in [9.17, 15) is 9.59 Å². The summed E-state index contributed by atoms with van der Waals surface area (Å²) in [7, 11) is 0. The maximum atomic E-state index is 12.7. The lowest BCUT2D eigenvalue weighted by Crippen LogP contribution is -2.46. The summed E-state index contributed by atoms with van der Waals surface area (Å²) < 4.78 is 0. The predicted molar refractivity (Wildman–Crippen MR) is 91.7 cm³/mol. The van der Waals surface area contributed by atoms with Gasteiger partial charge in [-0.2, -0.15) is 0 Å². The molecule has 0 aromatic heterocycles. The first-order valence-electron chi connectivity index (χ1n) is 8.56. The van der Waals surface area contributed by atoms with Crippen molar-refractivity contribution < 1.29 is 9.59 Å². The maximum absolute atomic E-state index is 12.7. The van der Waals surface area contributed by atoms with Crippen LogP contribution in [0, 0.1) is 0 Å². The van der Waals surface area contributed by atoms with Gasteiger partial charge in [0.2, 0.25) is 0 Å². The molecule has 0 bridgehead atoms. The van der Waals surface area contributed by atoms with Gasteiger partial charge in [0.25, 0.3) is 11.8 Å².